The number of nitrogens with zero attached hydrogens (tertiary/aromatic N) is 1. The van der Waals surface area contributed by atoms with Crippen molar-refractivity contribution in [3.63, 3.8) is 0 Å². The second-order valence-corrected chi connectivity index (χ2v) is 11.3. The molecule has 0 aromatic heterocycles. The molecule has 1 aliphatic heterocycles. The average molecular weight is 536 g/mol. The minimum absolute atomic E-state index is 0.212. The van der Waals surface area contributed by atoms with Gasteiger partial charge < -0.3 is 0 Å². The zero-order chi connectivity index (χ0) is 22.0. The van der Waals surface area contributed by atoms with Crippen LogP contribution >= 0.6 is 39.3 Å². The van der Waals surface area contributed by atoms with E-state index in [2.05, 4.69) is 20.7 Å². The highest BCUT2D eigenvalue weighted by Crippen LogP contribution is 2.43. The SMILES string of the molecule is CCCCNS(=O)(=O)c1ccc2c(c1)N=C(c1cccc(Br)c1)c1ccc(Cl)cc1S2. The van der Waals surface area contributed by atoms with Gasteiger partial charge in [0.25, 0.3) is 0 Å². The van der Waals surface area contributed by atoms with Crippen molar-refractivity contribution in [1.29, 1.82) is 0 Å². The van der Waals surface area contributed by atoms with Crippen molar-refractivity contribution in [3.8, 4) is 0 Å². The standard InChI is InChI=1S/C23H20BrClN2O2S2/c1-2-3-11-26-31(28,29)18-8-10-21-20(14-18)27-23(15-5-4-6-16(24)12-15)19-9-7-17(25)13-22(19)30-21/h4-10,12-14,26H,2-3,11H2,1H3. The van der Waals surface area contributed by atoms with E-state index in [0.717, 1.165) is 43.9 Å². The Bertz CT molecular complexity index is 1280. The highest BCUT2D eigenvalue weighted by atomic mass is 79.9. The predicted molar refractivity (Wildman–Crippen MR) is 132 cm³/mol. The molecular formula is C23H20BrClN2O2S2. The van der Waals surface area contributed by atoms with E-state index in [9.17, 15) is 8.42 Å². The van der Waals surface area contributed by atoms with Crippen LogP contribution in [0.15, 0.2) is 84.8 Å². The summed E-state index contributed by atoms with van der Waals surface area (Å²) < 4.78 is 29.1. The van der Waals surface area contributed by atoms with Crippen LogP contribution in [0.2, 0.25) is 5.02 Å². The van der Waals surface area contributed by atoms with Crippen LogP contribution in [0.5, 0.6) is 0 Å². The molecule has 0 saturated carbocycles. The average Bonchev–Trinajstić information content (AvgIpc) is 2.89. The lowest BCUT2D eigenvalue weighted by atomic mass is 10.0. The van der Waals surface area contributed by atoms with Crippen LogP contribution in [-0.2, 0) is 10.0 Å². The molecule has 160 valence electrons. The van der Waals surface area contributed by atoms with Crippen molar-refractivity contribution < 1.29 is 8.42 Å². The van der Waals surface area contributed by atoms with Crippen molar-refractivity contribution in [2.45, 2.75) is 34.5 Å². The minimum atomic E-state index is -3.60. The van der Waals surface area contributed by atoms with Gasteiger partial charge in [0.1, 0.15) is 0 Å². The van der Waals surface area contributed by atoms with Gasteiger partial charge in [0.05, 0.1) is 16.3 Å². The molecule has 1 heterocycles. The summed E-state index contributed by atoms with van der Waals surface area (Å²) in [5.74, 6) is 0. The summed E-state index contributed by atoms with van der Waals surface area (Å²) in [5, 5.41) is 0.641. The topological polar surface area (TPSA) is 58.5 Å². The van der Waals surface area contributed by atoms with Gasteiger partial charge in [-0.2, -0.15) is 0 Å². The molecule has 1 N–H and O–H groups in total. The van der Waals surface area contributed by atoms with Gasteiger partial charge in [-0.1, -0.05) is 70.8 Å². The largest absolute Gasteiger partial charge is 0.247 e. The third-order valence-corrected chi connectivity index (χ3v) is 8.12. The molecule has 0 spiro atoms. The van der Waals surface area contributed by atoms with E-state index in [4.69, 9.17) is 16.6 Å². The zero-order valence-corrected chi connectivity index (χ0v) is 20.7. The summed E-state index contributed by atoms with van der Waals surface area (Å²) in [6, 6.07) is 18.7. The summed E-state index contributed by atoms with van der Waals surface area (Å²) in [5.41, 5.74) is 3.27. The first kappa shape index (κ1) is 22.6. The Hall–Kier alpha value is -1.64. The monoisotopic (exact) mass is 534 g/mol. The van der Waals surface area contributed by atoms with Crippen LogP contribution in [0.4, 0.5) is 5.69 Å². The molecule has 8 heteroatoms. The number of nitrogens with one attached hydrogen (secondary N) is 1. The number of sulfonamides is 1. The second kappa shape index (κ2) is 9.46. The van der Waals surface area contributed by atoms with E-state index in [1.807, 2.05) is 55.5 Å². The number of hydrogen-bond acceptors (Lipinski definition) is 4. The highest BCUT2D eigenvalue weighted by Gasteiger charge is 2.22. The first-order valence-corrected chi connectivity index (χ1v) is 13.3. The Morgan fingerprint density at radius 1 is 1.06 bits per heavy atom. The van der Waals surface area contributed by atoms with Crippen LogP contribution < -0.4 is 4.72 Å². The number of halogens is 2. The van der Waals surface area contributed by atoms with Crippen LogP contribution in [0.1, 0.15) is 30.9 Å². The molecular weight excluding hydrogens is 516 g/mol. The van der Waals surface area contributed by atoms with Gasteiger partial charge in [-0.3, -0.25) is 0 Å². The molecule has 0 bridgehead atoms. The number of rotatable bonds is 6. The van der Waals surface area contributed by atoms with Crippen LogP contribution in [0, 0.1) is 0 Å². The molecule has 3 aromatic carbocycles. The van der Waals surface area contributed by atoms with Gasteiger partial charge >= 0.3 is 0 Å². The van der Waals surface area contributed by atoms with Gasteiger partial charge in [0.2, 0.25) is 10.0 Å². The molecule has 3 aromatic rings. The summed E-state index contributed by atoms with van der Waals surface area (Å²) in [6.07, 6.45) is 1.71. The Morgan fingerprint density at radius 3 is 2.68 bits per heavy atom. The van der Waals surface area contributed by atoms with Crippen molar-refractivity contribution in [1.82, 2.24) is 4.72 Å². The normalized spacial score (nSPS) is 13.2. The molecule has 0 saturated heterocycles. The smallest absolute Gasteiger partial charge is 0.240 e. The van der Waals surface area contributed by atoms with E-state index in [-0.39, 0.29) is 4.90 Å². The molecule has 4 nitrogen and oxygen atoms in total. The summed E-state index contributed by atoms with van der Waals surface area (Å²) in [4.78, 5) is 6.99. The Kier molecular flexibility index (Phi) is 6.89. The summed E-state index contributed by atoms with van der Waals surface area (Å²) in [7, 11) is -3.60. The van der Waals surface area contributed by atoms with Gasteiger partial charge in [-0.05, 0) is 48.9 Å². The molecule has 0 fully saturated rings. The lowest BCUT2D eigenvalue weighted by molar-refractivity contribution is 0.578. The first-order valence-electron chi connectivity index (χ1n) is 9.83. The third-order valence-electron chi connectivity index (χ3n) is 4.81. The number of unbranched alkanes of at least 4 members (excludes halogenated alkanes) is 1. The van der Waals surface area contributed by atoms with Crippen molar-refractivity contribution >= 4 is 60.7 Å². The van der Waals surface area contributed by atoms with Crippen LogP contribution in [0.3, 0.4) is 0 Å². The molecule has 0 radical (unpaired) electrons. The number of benzene rings is 3. The number of fused-ring (bicyclic) bond motifs is 2. The lowest BCUT2D eigenvalue weighted by Gasteiger charge is -2.10. The molecule has 31 heavy (non-hydrogen) atoms. The third kappa shape index (κ3) is 5.07. The van der Waals surface area contributed by atoms with E-state index in [1.165, 1.54) is 11.8 Å². The predicted octanol–water partition coefficient (Wildman–Crippen LogP) is 6.81. The van der Waals surface area contributed by atoms with E-state index in [0.29, 0.717) is 17.3 Å². The van der Waals surface area contributed by atoms with E-state index >= 15 is 0 Å². The van der Waals surface area contributed by atoms with Crippen LogP contribution in [-0.4, -0.2) is 20.7 Å². The van der Waals surface area contributed by atoms with Gasteiger partial charge in [-0.25, -0.2) is 18.1 Å². The molecule has 4 rings (SSSR count). The van der Waals surface area contributed by atoms with Crippen molar-refractivity contribution in [2.75, 3.05) is 6.54 Å². The zero-order valence-electron chi connectivity index (χ0n) is 16.7. The Morgan fingerprint density at radius 2 is 1.90 bits per heavy atom. The lowest BCUT2D eigenvalue weighted by Crippen LogP contribution is -2.24. The maximum atomic E-state index is 12.7. The Balaban J connectivity index is 1.86. The van der Waals surface area contributed by atoms with Crippen molar-refractivity contribution in [2.24, 2.45) is 4.99 Å². The maximum Gasteiger partial charge on any atom is 0.240 e. The quantitative estimate of drug-likeness (QED) is 0.276. The number of hydrogen-bond donors (Lipinski definition) is 1. The fourth-order valence-corrected chi connectivity index (χ4v) is 6.01. The van der Waals surface area contributed by atoms with E-state index < -0.39 is 10.0 Å². The second-order valence-electron chi connectivity index (χ2n) is 7.09. The number of aliphatic imine (C=N–C) groups is 1. The minimum Gasteiger partial charge on any atom is -0.247 e. The molecule has 0 amide bonds. The maximum absolute atomic E-state index is 12.7. The summed E-state index contributed by atoms with van der Waals surface area (Å²) >= 11 is 11.3. The van der Waals surface area contributed by atoms with Crippen molar-refractivity contribution in [3.05, 3.63) is 81.3 Å². The van der Waals surface area contributed by atoms with E-state index in [1.54, 1.807) is 12.1 Å². The van der Waals surface area contributed by atoms with Gasteiger partial charge in [-0.15, -0.1) is 0 Å². The highest BCUT2D eigenvalue weighted by molar-refractivity contribution is 9.10. The molecule has 0 atom stereocenters. The fourth-order valence-electron chi connectivity index (χ4n) is 3.24. The van der Waals surface area contributed by atoms with Gasteiger partial charge in [0.15, 0.2) is 0 Å². The molecule has 1 aliphatic rings. The fraction of sp³-hybridized carbons (Fsp3) is 0.174. The molecule has 0 unspecified atom stereocenters. The first-order chi connectivity index (χ1) is 14.9. The van der Waals surface area contributed by atoms with Gasteiger partial charge in [0, 0.05) is 37.0 Å². The molecule has 0 aliphatic carbocycles. The summed E-state index contributed by atoms with van der Waals surface area (Å²) in [6.45, 7) is 2.44. The van der Waals surface area contributed by atoms with Crippen LogP contribution in [0.25, 0.3) is 0 Å². The Labute approximate surface area is 200 Å².